The Morgan fingerprint density at radius 1 is 1.03 bits per heavy atom. The van der Waals surface area contributed by atoms with Crippen molar-refractivity contribution in [3.63, 3.8) is 0 Å². The number of rotatable bonds is 4. The number of hydrogen-bond donors (Lipinski definition) is 0. The second-order valence-corrected chi connectivity index (χ2v) is 6.54. The quantitative estimate of drug-likeness (QED) is 0.469. The van der Waals surface area contributed by atoms with Gasteiger partial charge in [-0.3, -0.25) is 9.78 Å². The van der Waals surface area contributed by atoms with Crippen molar-refractivity contribution in [3.8, 4) is 5.75 Å². The van der Waals surface area contributed by atoms with E-state index in [-0.39, 0.29) is 18.8 Å². The van der Waals surface area contributed by atoms with Gasteiger partial charge in [-0.2, -0.15) is 0 Å². The first kappa shape index (κ1) is 19.6. The van der Waals surface area contributed by atoms with Crippen molar-refractivity contribution < 1.29 is 31.9 Å². The standard InChI is InChI=1S/C20H13F4N3O3/c21-13-1-6-17-16(9-13)12(7-8-25-17)10-26-11-18(28)27(19(26)29)14-2-4-15(5-3-14)30-20(22,23)24/h1-9H,10-11H2. The van der Waals surface area contributed by atoms with Gasteiger partial charge < -0.3 is 9.64 Å². The van der Waals surface area contributed by atoms with Crippen LogP contribution in [0, 0.1) is 5.82 Å². The molecule has 0 aliphatic carbocycles. The molecule has 0 radical (unpaired) electrons. The molecular weight excluding hydrogens is 406 g/mol. The summed E-state index contributed by atoms with van der Waals surface area (Å²) in [6.07, 6.45) is -3.32. The number of carbonyl (C=O) groups excluding carboxylic acids is 2. The fourth-order valence-corrected chi connectivity index (χ4v) is 3.24. The van der Waals surface area contributed by atoms with Crippen molar-refractivity contribution in [2.75, 3.05) is 11.4 Å². The van der Waals surface area contributed by atoms with Crippen LogP contribution in [0.2, 0.25) is 0 Å². The monoisotopic (exact) mass is 419 g/mol. The summed E-state index contributed by atoms with van der Waals surface area (Å²) in [6.45, 7) is -0.183. The highest BCUT2D eigenvalue weighted by atomic mass is 19.4. The molecule has 0 spiro atoms. The first-order chi connectivity index (χ1) is 14.2. The number of anilines is 1. The number of fused-ring (bicyclic) bond motifs is 1. The summed E-state index contributed by atoms with van der Waals surface area (Å²) in [4.78, 5) is 31.5. The molecule has 6 nitrogen and oxygen atoms in total. The van der Waals surface area contributed by atoms with Crippen LogP contribution >= 0.6 is 0 Å². The maximum Gasteiger partial charge on any atom is 0.573 e. The van der Waals surface area contributed by atoms with Gasteiger partial charge in [0.25, 0.3) is 5.91 Å². The van der Waals surface area contributed by atoms with Gasteiger partial charge in [0, 0.05) is 18.1 Å². The number of aromatic nitrogens is 1. The van der Waals surface area contributed by atoms with Crippen molar-refractivity contribution in [3.05, 3.63) is 66.1 Å². The molecule has 1 fully saturated rings. The lowest BCUT2D eigenvalue weighted by molar-refractivity contribution is -0.274. The van der Waals surface area contributed by atoms with Gasteiger partial charge in [0.15, 0.2) is 0 Å². The van der Waals surface area contributed by atoms with E-state index >= 15 is 0 Å². The van der Waals surface area contributed by atoms with Crippen molar-refractivity contribution >= 4 is 28.5 Å². The molecule has 3 amide bonds. The topological polar surface area (TPSA) is 62.7 Å². The molecule has 2 aromatic carbocycles. The van der Waals surface area contributed by atoms with Gasteiger partial charge in [0.05, 0.1) is 11.2 Å². The summed E-state index contributed by atoms with van der Waals surface area (Å²) in [7, 11) is 0. The van der Waals surface area contributed by atoms with Crippen LogP contribution in [0.15, 0.2) is 54.7 Å². The van der Waals surface area contributed by atoms with Crippen LogP contribution in [0.25, 0.3) is 10.9 Å². The normalized spacial score (nSPS) is 14.7. The van der Waals surface area contributed by atoms with Gasteiger partial charge >= 0.3 is 12.4 Å². The van der Waals surface area contributed by atoms with Gasteiger partial charge in [0.1, 0.15) is 18.1 Å². The highest BCUT2D eigenvalue weighted by Crippen LogP contribution is 2.28. The van der Waals surface area contributed by atoms with Crippen molar-refractivity contribution in [2.45, 2.75) is 12.9 Å². The van der Waals surface area contributed by atoms with Crippen LogP contribution in [-0.2, 0) is 11.3 Å². The van der Waals surface area contributed by atoms with Gasteiger partial charge in [0.2, 0.25) is 0 Å². The zero-order chi connectivity index (χ0) is 21.5. The van der Waals surface area contributed by atoms with E-state index in [1.54, 1.807) is 6.07 Å². The number of nitrogens with zero attached hydrogens (tertiary/aromatic N) is 3. The summed E-state index contributed by atoms with van der Waals surface area (Å²) in [5.41, 5.74) is 1.27. The third kappa shape index (κ3) is 3.88. The Morgan fingerprint density at radius 3 is 2.47 bits per heavy atom. The Kier molecular flexibility index (Phi) is 4.76. The average molecular weight is 419 g/mol. The number of imide groups is 1. The fourth-order valence-electron chi connectivity index (χ4n) is 3.24. The molecule has 154 valence electrons. The van der Waals surface area contributed by atoms with Gasteiger partial charge in [-0.25, -0.2) is 14.1 Å². The highest BCUT2D eigenvalue weighted by Gasteiger charge is 2.37. The Bertz CT molecular complexity index is 1130. The van der Waals surface area contributed by atoms with Crippen LogP contribution in [-0.4, -0.2) is 34.7 Å². The van der Waals surface area contributed by atoms with Gasteiger partial charge in [-0.1, -0.05) is 0 Å². The first-order valence-electron chi connectivity index (χ1n) is 8.72. The van der Waals surface area contributed by atoms with Gasteiger partial charge in [-0.15, -0.1) is 13.2 Å². The summed E-state index contributed by atoms with van der Waals surface area (Å²) in [5.74, 6) is -1.45. The lowest BCUT2D eigenvalue weighted by Gasteiger charge is -2.18. The molecule has 0 atom stereocenters. The molecule has 0 saturated carbocycles. The Balaban J connectivity index is 1.56. The smallest absolute Gasteiger partial charge is 0.406 e. The number of pyridine rings is 1. The number of benzene rings is 2. The summed E-state index contributed by atoms with van der Waals surface area (Å²) in [5, 5.41) is 0.518. The first-order valence-corrected chi connectivity index (χ1v) is 8.72. The number of carbonyl (C=O) groups is 2. The molecule has 1 aliphatic heterocycles. The molecule has 30 heavy (non-hydrogen) atoms. The lowest BCUT2D eigenvalue weighted by Crippen LogP contribution is -2.32. The van der Waals surface area contributed by atoms with Crippen LogP contribution in [0.3, 0.4) is 0 Å². The number of ether oxygens (including phenoxy) is 1. The molecule has 2 heterocycles. The van der Waals surface area contributed by atoms with Crippen LogP contribution in [0.5, 0.6) is 5.75 Å². The van der Waals surface area contributed by atoms with Crippen LogP contribution in [0.4, 0.5) is 28.0 Å². The maximum absolute atomic E-state index is 13.6. The summed E-state index contributed by atoms with van der Waals surface area (Å²) < 4.78 is 54.3. The molecule has 1 aliphatic rings. The van der Waals surface area contributed by atoms with Gasteiger partial charge in [-0.05, 0) is 54.1 Å². The molecule has 0 bridgehead atoms. The third-order valence-electron chi connectivity index (χ3n) is 4.52. The minimum Gasteiger partial charge on any atom is -0.406 e. The van der Waals surface area contributed by atoms with Crippen molar-refractivity contribution in [1.29, 1.82) is 0 Å². The van der Waals surface area contributed by atoms with E-state index in [9.17, 15) is 27.2 Å². The molecule has 0 unspecified atom stereocenters. The molecule has 1 saturated heterocycles. The summed E-state index contributed by atoms with van der Waals surface area (Å²) in [6, 6.07) is 9.51. The highest BCUT2D eigenvalue weighted by molar-refractivity contribution is 6.19. The predicted molar refractivity (Wildman–Crippen MR) is 98.1 cm³/mol. The van der Waals surface area contributed by atoms with E-state index in [4.69, 9.17) is 0 Å². The second-order valence-electron chi connectivity index (χ2n) is 6.54. The average Bonchev–Trinajstić information content (AvgIpc) is 2.95. The molecule has 1 aromatic heterocycles. The summed E-state index contributed by atoms with van der Waals surface area (Å²) >= 11 is 0. The van der Waals surface area contributed by atoms with E-state index in [0.717, 1.165) is 17.0 Å². The number of hydrogen-bond acceptors (Lipinski definition) is 4. The zero-order valence-electron chi connectivity index (χ0n) is 15.2. The van der Waals surface area contributed by atoms with Crippen molar-refractivity contribution in [2.24, 2.45) is 0 Å². The Morgan fingerprint density at radius 2 is 1.77 bits per heavy atom. The largest absolute Gasteiger partial charge is 0.573 e. The zero-order valence-corrected chi connectivity index (χ0v) is 15.2. The molecule has 3 aromatic rings. The minimum absolute atomic E-state index is 0.0405. The van der Waals surface area contributed by atoms with E-state index in [2.05, 4.69) is 9.72 Å². The van der Waals surface area contributed by atoms with E-state index in [1.165, 1.54) is 41.4 Å². The number of halogens is 4. The number of urea groups is 1. The molecule has 10 heteroatoms. The third-order valence-corrected chi connectivity index (χ3v) is 4.52. The van der Waals surface area contributed by atoms with E-state index < -0.39 is 29.9 Å². The fraction of sp³-hybridized carbons (Fsp3) is 0.150. The Hall–Kier alpha value is -3.69. The molecular formula is C20H13F4N3O3. The SMILES string of the molecule is O=C1CN(Cc2ccnc3ccc(F)cc23)C(=O)N1c1ccc(OC(F)(F)F)cc1. The Labute approximate surface area is 167 Å². The van der Waals surface area contributed by atoms with Crippen LogP contribution < -0.4 is 9.64 Å². The maximum atomic E-state index is 13.6. The van der Waals surface area contributed by atoms with Crippen molar-refractivity contribution in [1.82, 2.24) is 9.88 Å². The number of amides is 3. The molecule has 0 N–H and O–H groups in total. The second kappa shape index (κ2) is 7.29. The van der Waals surface area contributed by atoms with Crippen LogP contribution in [0.1, 0.15) is 5.56 Å². The van der Waals surface area contributed by atoms with E-state index in [1.807, 2.05) is 0 Å². The number of alkyl halides is 3. The molecule has 4 rings (SSSR count). The minimum atomic E-state index is -4.84. The lowest BCUT2D eigenvalue weighted by atomic mass is 10.1. The van der Waals surface area contributed by atoms with E-state index in [0.29, 0.717) is 16.5 Å². The predicted octanol–water partition coefficient (Wildman–Crippen LogP) is 4.24.